The molecule has 0 bridgehead atoms. The number of carbonyl (C=O) groups excluding carboxylic acids is 2. The highest BCUT2D eigenvalue weighted by Gasteiger charge is 2.17. The first kappa shape index (κ1) is 13.0. The Morgan fingerprint density at radius 1 is 1.35 bits per heavy atom. The van der Waals surface area contributed by atoms with Gasteiger partial charge in [0.2, 0.25) is 0 Å². The Kier molecular flexibility index (Phi) is 4.51. The van der Waals surface area contributed by atoms with Gasteiger partial charge in [0.1, 0.15) is 5.75 Å². The Morgan fingerprint density at radius 3 is 2.47 bits per heavy atom. The third kappa shape index (κ3) is 3.79. The van der Waals surface area contributed by atoms with Crippen LogP contribution in [0.25, 0.3) is 0 Å². The van der Waals surface area contributed by atoms with Gasteiger partial charge in [0.25, 0.3) is 5.91 Å². The van der Waals surface area contributed by atoms with Crippen LogP contribution >= 0.6 is 0 Å². The Labute approximate surface area is 99.4 Å². The maximum absolute atomic E-state index is 11.6. The van der Waals surface area contributed by atoms with E-state index in [0.717, 1.165) is 0 Å². The van der Waals surface area contributed by atoms with Crippen molar-refractivity contribution in [1.29, 1.82) is 0 Å². The molecule has 1 amide bonds. The number of rotatable bonds is 4. The zero-order valence-electron chi connectivity index (χ0n) is 9.77. The topological polar surface area (TPSA) is 75.6 Å². The van der Waals surface area contributed by atoms with Crippen LogP contribution in [-0.2, 0) is 9.53 Å². The van der Waals surface area contributed by atoms with Crippen molar-refractivity contribution in [1.82, 2.24) is 5.32 Å². The van der Waals surface area contributed by atoms with Gasteiger partial charge in [-0.25, -0.2) is 4.79 Å². The van der Waals surface area contributed by atoms with Crippen LogP contribution in [-0.4, -0.2) is 29.6 Å². The van der Waals surface area contributed by atoms with Crippen molar-refractivity contribution >= 4 is 11.9 Å². The van der Waals surface area contributed by atoms with E-state index in [-0.39, 0.29) is 11.7 Å². The summed E-state index contributed by atoms with van der Waals surface area (Å²) in [6.45, 7) is 3.77. The highest BCUT2D eigenvalue weighted by molar-refractivity contribution is 5.92. The van der Waals surface area contributed by atoms with Crippen molar-refractivity contribution in [3.05, 3.63) is 29.8 Å². The molecule has 0 aliphatic heterocycles. The molecular weight excluding hydrogens is 222 g/mol. The van der Waals surface area contributed by atoms with E-state index >= 15 is 0 Å². The second-order valence-corrected chi connectivity index (χ2v) is 3.49. The molecule has 92 valence electrons. The van der Waals surface area contributed by atoms with E-state index in [9.17, 15) is 9.59 Å². The molecule has 5 heteroatoms. The largest absolute Gasteiger partial charge is 0.508 e. The molecule has 17 heavy (non-hydrogen) atoms. The SMILES string of the molecule is CCNC(=O)[C@H](C)OC(=O)c1ccc(O)cc1. The van der Waals surface area contributed by atoms with Gasteiger partial charge in [-0.15, -0.1) is 0 Å². The van der Waals surface area contributed by atoms with E-state index in [4.69, 9.17) is 9.84 Å². The van der Waals surface area contributed by atoms with Gasteiger partial charge in [-0.2, -0.15) is 0 Å². The molecule has 5 nitrogen and oxygen atoms in total. The monoisotopic (exact) mass is 237 g/mol. The summed E-state index contributed by atoms with van der Waals surface area (Å²) in [7, 11) is 0. The fourth-order valence-electron chi connectivity index (χ4n) is 1.20. The Bertz CT molecular complexity index is 399. The van der Waals surface area contributed by atoms with Crippen LogP contribution in [0.4, 0.5) is 0 Å². The van der Waals surface area contributed by atoms with Crippen molar-refractivity contribution in [2.75, 3.05) is 6.54 Å². The van der Waals surface area contributed by atoms with Gasteiger partial charge in [-0.05, 0) is 38.1 Å². The van der Waals surface area contributed by atoms with Crippen LogP contribution in [0, 0.1) is 0 Å². The molecule has 1 aromatic carbocycles. The summed E-state index contributed by atoms with van der Waals surface area (Å²) in [5.41, 5.74) is 0.291. The van der Waals surface area contributed by atoms with Crippen LogP contribution in [0.2, 0.25) is 0 Å². The molecule has 0 fully saturated rings. The summed E-state index contributed by atoms with van der Waals surface area (Å²) >= 11 is 0. The molecule has 0 aliphatic carbocycles. The maximum Gasteiger partial charge on any atom is 0.338 e. The van der Waals surface area contributed by atoms with E-state index in [0.29, 0.717) is 12.1 Å². The van der Waals surface area contributed by atoms with Gasteiger partial charge in [0.15, 0.2) is 6.10 Å². The summed E-state index contributed by atoms with van der Waals surface area (Å²) in [5.74, 6) is -0.860. The number of nitrogens with one attached hydrogen (secondary N) is 1. The molecule has 0 saturated carbocycles. The molecule has 0 radical (unpaired) electrons. The number of ether oxygens (including phenoxy) is 1. The molecule has 1 rings (SSSR count). The zero-order valence-corrected chi connectivity index (χ0v) is 9.77. The van der Waals surface area contributed by atoms with Crippen molar-refractivity contribution < 1.29 is 19.4 Å². The molecule has 0 aromatic heterocycles. The van der Waals surface area contributed by atoms with E-state index < -0.39 is 12.1 Å². The first-order chi connectivity index (χ1) is 8.04. The highest BCUT2D eigenvalue weighted by Crippen LogP contribution is 2.11. The molecule has 0 aliphatic rings. The highest BCUT2D eigenvalue weighted by atomic mass is 16.5. The van der Waals surface area contributed by atoms with Gasteiger partial charge < -0.3 is 15.2 Å². The van der Waals surface area contributed by atoms with E-state index in [2.05, 4.69) is 5.32 Å². The van der Waals surface area contributed by atoms with Gasteiger partial charge in [0.05, 0.1) is 5.56 Å². The number of likely N-dealkylation sites (N-methyl/N-ethyl adjacent to an activating group) is 1. The summed E-state index contributed by atoms with van der Waals surface area (Å²) < 4.78 is 4.96. The van der Waals surface area contributed by atoms with Crippen LogP contribution in [0.5, 0.6) is 5.75 Å². The zero-order chi connectivity index (χ0) is 12.8. The minimum atomic E-state index is -0.837. The van der Waals surface area contributed by atoms with Gasteiger partial charge in [0, 0.05) is 6.54 Å². The number of esters is 1. The Balaban J connectivity index is 2.60. The molecule has 1 aromatic rings. The third-order valence-electron chi connectivity index (χ3n) is 2.11. The van der Waals surface area contributed by atoms with Crippen LogP contribution in [0.3, 0.4) is 0 Å². The van der Waals surface area contributed by atoms with E-state index in [1.54, 1.807) is 6.92 Å². The lowest BCUT2D eigenvalue weighted by Crippen LogP contribution is -2.35. The van der Waals surface area contributed by atoms with E-state index in [1.807, 2.05) is 0 Å². The second kappa shape index (κ2) is 5.89. The fourth-order valence-corrected chi connectivity index (χ4v) is 1.20. The van der Waals surface area contributed by atoms with Crippen molar-refractivity contribution in [2.45, 2.75) is 20.0 Å². The first-order valence-electron chi connectivity index (χ1n) is 5.32. The minimum absolute atomic E-state index is 0.0679. The van der Waals surface area contributed by atoms with Gasteiger partial charge in [-0.3, -0.25) is 4.79 Å². The maximum atomic E-state index is 11.6. The summed E-state index contributed by atoms with van der Waals surface area (Å²) in [6, 6.07) is 5.63. The fraction of sp³-hybridized carbons (Fsp3) is 0.333. The summed E-state index contributed by atoms with van der Waals surface area (Å²) in [6.07, 6.45) is -0.837. The van der Waals surface area contributed by atoms with Crippen molar-refractivity contribution in [3.8, 4) is 5.75 Å². The smallest absolute Gasteiger partial charge is 0.338 e. The lowest BCUT2D eigenvalue weighted by atomic mass is 10.2. The lowest BCUT2D eigenvalue weighted by Gasteiger charge is -2.12. The van der Waals surface area contributed by atoms with Crippen molar-refractivity contribution in [3.63, 3.8) is 0 Å². The van der Waals surface area contributed by atoms with E-state index in [1.165, 1.54) is 31.2 Å². The van der Waals surface area contributed by atoms with Gasteiger partial charge in [-0.1, -0.05) is 0 Å². The molecule has 0 heterocycles. The standard InChI is InChI=1S/C12H15NO4/c1-3-13-11(15)8(2)17-12(16)9-4-6-10(14)7-5-9/h4-8,14H,3H2,1-2H3,(H,13,15)/t8-/m0/s1. The summed E-state index contributed by atoms with van der Waals surface area (Å²) in [5, 5.41) is 11.6. The predicted molar refractivity (Wildman–Crippen MR) is 61.7 cm³/mol. The number of hydrogen-bond donors (Lipinski definition) is 2. The average molecular weight is 237 g/mol. The Morgan fingerprint density at radius 2 is 1.94 bits per heavy atom. The summed E-state index contributed by atoms with van der Waals surface area (Å²) in [4.78, 5) is 22.9. The first-order valence-corrected chi connectivity index (χ1v) is 5.32. The number of amides is 1. The average Bonchev–Trinajstić information content (AvgIpc) is 2.30. The lowest BCUT2D eigenvalue weighted by molar-refractivity contribution is -0.128. The Hall–Kier alpha value is -2.04. The number of carbonyl (C=O) groups is 2. The van der Waals surface area contributed by atoms with Gasteiger partial charge >= 0.3 is 5.97 Å². The molecule has 0 spiro atoms. The number of phenols is 1. The molecular formula is C12H15NO4. The normalized spacial score (nSPS) is 11.6. The minimum Gasteiger partial charge on any atom is -0.508 e. The third-order valence-corrected chi connectivity index (χ3v) is 2.11. The predicted octanol–water partition coefficient (Wildman–Crippen LogP) is 1.07. The molecule has 0 saturated heterocycles. The molecule has 1 atom stereocenters. The number of aromatic hydroxyl groups is 1. The quantitative estimate of drug-likeness (QED) is 0.768. The number of benzene rings is 1. The number of phenolic OH excluding ortho intramolecular Hbond substituents is 1. The molecule has 2 N–H and O–H groups in total. The second-order valence-electron chi connectivity index (χ2n) is 3.49. The van der Waals surface area contributed by atoms with Crippen LogP contribution in [0.15, 0.2) is 24.3 Å². The van der Waals surface area contributed by atoms with Crippen molar-refractivity contribution in [2.24, 2.45) is 0 Å². The van der Waals surface area contributed by atoms with Crippen LogP contribution < -0.4 is 5.32 Å². The molecule has 0 unspecified atom stereocenters. The number of hydrogen-bond acceptors (Lipinski definition) is 4. The van der Waals surface area contributed by atoms with Crippen LogP contribution in [0.1, 0.15) is 24.2 Å².